The van der Waals surface area contributed by atoms with Crippen molar-refractivity contribution in [1.82, 2.24) is 0 Å². The number of amides is 1. The summed E-state index contributed by atoms with van der Waals surface area (Å²) in [5.41, 5.74) is 8.02. The molecule has 0 bridgehead atoms. The number of carbonyl (C=O) groups is 2. The molecule has 2 rings (SSSR count). The molecular formula is C16H16N2O4. The van der Waals surface area contributed by atoms with Gasteiger partial charge in [0.2, 0.25) is 0 Å². The zero-order valence-corrected chi connectivity index (χ0v) is 12.2. The van der Waals surface area contributed by atoms with Crippen LogP contribution in [0.1, 0.15) is 26.3 Å². The number of phenolic OH excluding ortho intramolecular Hbond substituents is 1. The molecule has 0 aliphatic rings. The molecule has 0 saturated heterocycles. The van der Waals surface area contributed by atoms with Crippen LogP contribution in [0.3, 0.4) is 0 Å². The molecule has 0 unspecified atom stereocenters. The van der Waals surface area contributed by atoms with Gasteiger partial charge in [-0.1, -0.05) is 0 Å². The number of ether oxygens (including phenoxy) is 1. The first-order chi connectivity index (χ1) is 10.4. The minimum atomic E-state index is -0.668. The van der Waals surface area contributed by atoms with E-state index in [2.05, 4.69) is 10.1 Å². The van der Waals surface area contributed by atoms with Crippen molar-refractivity contribution < 1.29 is 19.4 Å². The van der Waals surface area contributed by atoms with Gasteiger partial charge >= 0.3 is 5.97 Å². The maximum Gasteiger partial charge on any atom is 0.341 e. The maximum atomic E-state index is 12.1. The van der Waals surface area contributed by atoms with Gasteiger partial charge in [-0.15, -0.1) is 0 Å². The van der Waals surface area contributed by atoms with Gasteiger partial charge < -0.3 is 20.9 Å². The molecule has 0 fully saturated rings. The van der Waals surface area contributed by atoms with Crippen LogP contribution >= 0.6 is 0 Å². The van der Waals surface area contributed by atoms with E-state index in [0.29, 0.717) is 11.4 Å². The Kier molecular flexibility index (Phi) is 4.31. The van der Waals surface area contributed by atoms with Crippen molar-refractivity contribution in [2.24, 2.45) is 0 Å². The van der Waals surface area contributed by atoms with Crippen molar-refractivity contribution in [3.05, 3.63) is 53.1 Å². The van der Waals surface area contributed by atoms with Crippen LogP contribution < -0.4 is 11.1 Å². The molecular weight excluding hydrogens is 284 g/mol. The predicted molar refractivity (Wildman–Crippen MR) is 83.0 cm³/mol. The van der Waals surface area contributed by atoms with Crippen LogP contribution in [0.25, 0.3) is 0 Å². The number of carbonyl (C=O) groups excluding carboxylic acids is 2. The Hall–Kier alpha value is -3.02. The summed E-state index contributed by atoms with van der Waals surface area (Å²) in [7, 11) is 1.21. The van der Waals surface area contributed by atoms with Crippen LogP contribution in [0.4, 0.5) is 11.4 Å². The molecule has 0 saturated carbocycles. The fraction of sp³-hybridized carbons (Fsp3) is 0.125. The van der Waals surface area contributed by atoms with Crippen molar-refractivity contribution in [2.45, 2.75) is 6.92 Å². The highest BCUT2D eigenvalue weighted by Crippen LogP contribution is 2.21. The molecule has 4 N–H and O–H groups in total. The van der Waals surface area contributed by atoms with Gasteiger partial charge in [0, 0.05) is 16.9 Å². The van der Waals surface area contributed by atoms with Crippen LogP contribution in [0.2, 0.25) is 0 Å². The van der Waals surface area contributed by atoms with Crippen molar-refractivity contribution in [1.29, 1.82) is 0 Å². The Balaban J connectivity index is 2.21. The minimum absolute atomic E-state index is 0.00220. The molecule has 0 aliphatic heterocycles. The fourth-order valence-corrected chi connectivity index (χ4v) is 1.91. The fourth-order valence-electron chi connectivity index (χ4n) is 1.91. The van der Waals surface area contributed by atoms with Crippen molar-refractivity contribution in [2.75, 3.05) is 18.2 Å². The summed E-state index contributed by atoms with van der Waals surface area (Å²) in [5.74, 6) is -1.39. The molecule has 0 aromatic heterocycles. The standard InChI is InChI=1S/C16H16N2O4/c1-9-7-11(4-6-13(9)17)18-15(20)10-3-5-12(14(19)8-10)16(21)22-2/h3-8,19H,17H2,1-2H3,(H,18,20). The number of hydrogen-bond donors (Lipinski definition) is 3. The van der Waals surface area contributed by atoms with Gasteiger partial charge in [-0.2, -0.15) is 0 Å². The number of anilines is 2. The highest BCUT2D eigenvalue weighted by Gasteiger charge is 2.14. The Labute approximate surface area is 127 Å². The van der Waals surface area contributed by atoms with E-state index in [9.17, 15) is 14.7 Å². The third kappa shape index (κ3) is 3.17. The molecule has 114 valence electrons. The highest BCUT2D eigenvalue weighted by atomic mass is 16.5. The Morgan fingerprint density at radius 2 is 1.91 bits per heavy atom. The predicted octanol–water partition coefficient (Wildman–Crippen LogP) is 2.32. The lowest BCUT2D eigenvalue weighted by atomic mass is 10.1. The normalized spacial score (nSPS) is 10.1. The molecule has 6 nitrogen and oxygen atoms in total. The largest absolute Gasteiger partial charge is 0.507 e. The van der Waals surface area contributed by atoms with Gasteiger partial charge in [0.25, 0.3) is 5.91 Å². The number of nitrogen functional groups attached to an aromatic ring is 1. The number of methoxy groups -OCH3 is 1. The topological polar surface area (TPSA) is 102 Å². The van der Waals surface area contributed by atoms with Crippen LogP contribution in [0.15, 0.2) is 36.4 Å². The number of benzene rings is 2. The summed E-state index contributed by atoms with van der Waals surface area (Å²) in [6.45, 7) is 1.84. The Morgan fingerprint density at radius 3 is 2.50 bits per heavy atom. The third-order valence-electron chi connectivity index (χ3n) is 3.19. The van der Waals surface area contributed by atoms with Crippen LogP contribution in [0, 0.1) is 6.92 Å². The smallest absolute Gasteiger partial charge is 0.341 e. The summed E-state index contributed by atoms with van der Waals surface area (Å²) in [4.78, 5) is 23.5. The van der Waals surface area contributed by atoms with Crippen molar-refractivity contribution >= 4 is 23.3 Å². The molecule has 2 aromatic rings. The summed E-state index contributed by atoms with van der Waals surface area (Å²) in [5, 5.41) is 12.5. The number of aryl methyl sites for hydroxylation is 1. The van der Waals surface area contributed by atoms with E-state index in [1.165, 1.54) is 25.3 Å². The Morgan fingerprint density at radius 1 is 1.18 bits per heavy atom. The average Bonchev–Trinajstić information content (AvgIpc) is 2.50. The third-order valence-corrected chi connectivity index (χ3v) is 3.19. The molecule has 22 heavy (non-hydrogen) atoms. The second-order valence-corrected chi connectivity index (χ2v) is 4.75. The molecule has 0 heterocycles. The van der Waals surface area contributed by atoms with Crippen LogP contribution in [-0.4, -0.2) is 24.1 Å². The second kappa shape index (κ2) is 6.17. The number of rotatable bonds is 3. The van der Waals surface area contributed by atoms with E-state index in [0.717, 1.165) is 5.56 Å². The summed E-state index contributed by atoms with van der Waals surface area (Å²) < 4.78 is 4.53. The molecule has 0 radical (unpaired) electrons. The quantitative estimate of drug-likeness (QED) is 0.596. The van der Waals surface area contributed by atoms with Gasteiger partial charge in [0.05, 0.1) is 7.11 Å². The maximum absolute atomic E-state index is 12.1. The molecule has 6 heteroatoms. The highest BCUT2D eigenvalue weighted by molar-refractivity contribution is 6.05. The van der Waals surface area contributed by atoms with E-state index >= 15 is 0 Å². The van der Waals surface area contributed by atoms with Crippen LogP contribution in [-0.2, 0) is 4.74 Å². The summed E-state index contributed by atoms with van der Waals surface area (Å²) in [6, 6.07) is 9.11. The van der Waals surface area contributed by atoms with Gasteiger partial charge in [0.15, 0.2) is 0 Å². The number of esters is 1. The number of aromatic hydroxyl groups is 1. The zero-order valence-electron chi connectivity index (χ0n) is 12.2. The first-order valence-electron chi connectivity index (χ1n) is 6.51. The monoisotopic (exact) mass is 300 g/mol. The first-order valence-corrected chi connectivity index (χ1v) is 6.51. The zero-order chi connectivity index (χ0) is 16.3. The van der Waals surface area contributed by atoms with Crippen molar-refractivity contribution in [3.8, 4) is 5.75 Å². The SMILES string of the molecule is COC(=O)c1ccc(C(=O)Nc2ccc(N)c(C)c2)cc1O. The van der Waals surface area contributed by atoms with Gasteiger partial charge in [-0.05, 0) is 48.9 Å². The number of phenols is 1. The van der Waals surface area contributed by atoms with Gasteiger partial charge in [-0.25, -0.2) is 4.79 Å². The van der Waals surface area contributed by atoms with E-state index in [-0.39, 0.29) is 16.9 Å². The Bertz CT molecular complexity index is 741. The van der Waals surface area contributed by atoms with Gasteiger partial charge in [-0.3, -0.25) is 4.79 Å². The van der Waals surface area contributed by atoms with E-state index < -0.39 is 11.9 Å². The second-order valence-electron chi connectivity index (χ2n) is 4.75. The summed E-state index contributed by atoms with van der Waals surface area (Å²) >= 11 is 0. The van der Waals surface area contributed by atoms with E-state index in [1.807, 2.05) is 6.92 Å². The molecule has 0 aliphatic carbocycles. The lowest BCUT2D eigenvalue weighted by molar-refractivity contribution is 0.0597. The number of hydrogen-bond acceptors (Lipinski definition) is 5. The molecule has 0 atom stereocenters. The lowest BCUT2D eigenvalue weighted by Gasteiger charge is -2.09. The number of nitrogens with two attached hydrogens (primary N) is 1. The van der Waals surface area contributed by atoms with Crippen molar-refractivity contribution in [3.63, 3.8) is 0 Å². The van der Waals surface area contributed by atoms with Crippen LogP contribution in [0.5, 0.6) is 5.75 Å². The van der Waals surface area contributed by atoms with E-state index in [1.54, 1.807) is 18.2 Å². The first kappa shape index (κ1) is 15.4. The number of nitrogens with one attached hydrogen (secondary N) is 1. The lowest BCUT2D eigenvalue weighted by Crippen LogP contribution is -2.12. The van der Waals surface area contributed by atoms with Gasteiger partial charge in [0.1, 0.15) is 11.3 Å². The summed E-state index contributed by atoms with van der Waals surface area (Å²) in [6.07, 6.45) is 0. The molecule has 1 amide bonds. The molecule has 2 aromatic carbocycles. The van der Waals surface area contributed by atoms with E-state index in [4.69, 9.17) is 5.73 Å². The average molecular weight is 300 g/mol. The minimum Gasteiger partial charge on any atom is -0.507 e. The molecule has 0 spiro atoms.